The van der Waals surface area contributed by atoms with E-state index >= 15 is 0 Å². The van der Waals surface area contributed by atoms with Crippen LogP contribution < -0.4 is 5.32 Å². The molecule has 1 aliphatic heterocycles. The molecule has 4 rings (SSSR count). The SMILES string of the molecule is O=C(CN1CC(c2nc(-c3cccs3)no2)C1)NCc1ccco1. The van der Waals surface area contributed by atoms with Crippen molar-refractivity contribution in [1.29, 1.82) is 0 Å². The lowest BCUT2D eigenvalue weighted by atomic mass is 10.0. The molecule has 1 amide bonds. The Hall–Kier alpha value is -2.45. The first-order valence-corrected chi connectivity index (χ1v) is 8.55. The Kier molecular flexibility index (Phi) is 4.14. The molecule has 3 aromatic heterocycles. The van der Waals surface area contributed by atoms with E-state index in [1.807, 2.05) is 23.6 Å². The van der Waals surface area contributed by atoms with Gasteiger partial charge in [0.05, 0.1) is 30.1 Å². The number of nitrogens with zero attached hydrogens (tertiary/aromatic N) is 3. The van der Waals surface area contributed by atoms with Gasteiger partial charge in [-0.3, -0.25) is 9.69 Å². The standard InChI is InChI=1S/C16H16N4O3S/c21-14(17-7-12-3-1-5-22-12)10-20-8-11(9-20)16-18-15(19-23-16)13-4-2-6-24-13/h1-6,11H,7-10H2,(H,17,21). The molecule has 4 heterocycles. The van der Waals surface area contributed by atoms with Gasteiger partial charge in [-0.25, -0.2) is 0 Å². The summed E-state index contributed by atoms with van der Waals surface area (Å²) >= 11 is 1.58. The molecule has 0 saturated carbocycles. The largest absolute Gasteiger partial charge is 0.467 e. The zero-order valence-corrected chi connectivity index (χ0v) is 13.7. The highest BCUT2D eigenvalue weighted by Gasteiger charge is 2.33. The second-order valence-electron chi connectivity index (χ2n) is 5.68. The van der Waals surface area contributed by atoms with Crippen LogP contribution in [0.4, 0.5) is 0 Å². The zero-order chi connectivity index (χ0) is 16.4. The highest BCUT2D eigenvalue weighted by molar-refractivity contribution is 7.13. The van der Waals surface area contributed by atoms with Gasteiger partial charge in [0.25, 0.3) is 0 Å². The van der Waals surface area contributed by atoms with Crippen molar-refractivity contribution in [2.45, 2.75) is 12.5 Å². The normalized spacial score (nSPS) is 15.3. The molecule has 24 heavy (non-hydrogen) atoms. The number of hydrogen-bond acceptors (Lipinski definition) is 7. The van der Waals surface area contributed by atoms with Crippen LogP contribution in [0.2, 0.25) is 0 Å². The summed E-state index contributed by atoms with van der Waals surface area (Å²) in [5, 5.41) is 8.84. The van der Waals surface area contributed by atoms with Crippen molar-refractivity contribution in [2.75, 3.05) is 19.6 Å². The molecule has 0 radical (unpaired) electrons. The number of carbonyl (C=O) groups excluding carboxylic acids is 1. The average molecular weight is 344 g/mol. The fraction of sp³-hybridized carbons (Fsp3) is 0.312. The van der Waals surface area contributed by atoms with Gasteiger partial charge in [-0.1, -0.05) is 11.2 Å². The fourth-order valence-electron chi connectivity index (χ4n) is 2.62. The minimum atomic E-state index is -0.0188. The first-order chi connectivity index (χ1) is 11.8. The van der Waals surface area contributed by atoms with Crippen molar-refractivity contribution in [3.05, 3.63) is 47.6 Å². The molecule has 1 N–H and O–H groups in total. The number of aromatic nitrogens is 2. The van der Waals surface area contributed by atoms with Crippen LogP contribution in [0.15, 0.2) is 44.8 Å². The van der Waals surface area contributed by atoms with Crippen molar-refractivity contribution in [3.8, 4) is 10.7 Å². The molecule has 8 heteroatoms. The quantitative estimate of drug-likeness (QED) is 0.737. The summed E-state index contributed by atoms with van der Waals surface area (Å²) in [7, 11) is 0. The Balaban J connectivity index is 1.24. The van der Waals surface area contributed by atoms with Gasteiger partial charge in [0.2, 0.25) is 17.6 Å². The van der Waals surface area contributed by atoms with Gasteiger partial charge < -0.3 is 14.3 Å². The fourth-order valence-corrected chi connectivity index (χ4v) is 3.27. The molecule has 0 aromatic carbocycles. The van der Waals surface area contributed by atoms with E-state index in [2.05, 4.69) is 20.4 Å². The Morgan fingerprint density at radius 2 is 2.29 bits per heavy atom. The molecular formula is C16H16N4O3S. The predicted octanol–water partition coefficient (Wildman–Crippen LogP) is 2.11. The molecule has 124 valence electrons. The number of hydrogen-bond donors (Lipinski definition) is 1. The van der Waals surface area contributed by atoms with E-state index in [1.165, 1.54) is 0 Å². The van der Waals surface area contributed by atoms with E-state index in [-0.39, 0.29) is 11.8 Å². The number of furan rings is 1. The Morgan fingerprint density at radius 1 is 1.38 bits per heavy atom. The Labute approximate surface area is 142 Å². The molecule has 1 saturated heterocycles. The maximum Gasteiger partial charge on any atom is 0.234 e. The smallest absolute Gasteiger partial charge is 0.234 e. The molecule has 0 atom stereocenters. The second kappa shape index (κ2) is 6.58. The average Bonchev–Trinajstić information content (AvgIpc) is 3.30. The van der Waals surface area contributed by atoms with Gasteiger partial charge in [0, 0.05) is 13.1 Å². The van der Waals surface area contributed by atoms with E-state index in [0.717, 1.165) is 23.7 Å². The molecule has 0 aliphatic carbocycles. The van der Waals surface area contributed by atoms with E-state index in [1.54, 1.807) is 23.7 Å². The Morgan fingerprint density at radius 3 is 3.04 bits per heavy atom. The van der Waals surface area contributed by atoms with Gasteiger partial charge in [-0.2, -0.15) is 4.98 Å². The molecule has 0 spiro atoms. The van der Waals surface area contributed by atoms with Crippen molar-refractivity contribution < 1.29 is 13.7 Å². The monoisotopic (exact) mass is 344 g/mol. The highest BCUT2D eigenvalue weighted by atomic mass is 32.1. The highest BCUT2D eigenvalue weighted by Crippen LogP contribution is 2.28. The van der Waals surface area contributed by atoms with Gasteiger partial charge >= 0.3 is 0 Å². The summed E-state index contributed by atoms with van der Waals surface area (Å²) in [6, 6.07) is 7.56. The van der Waals surface area contributed by atoms with Crippen molar-refractivity contribution in [3.63, 3.8) is 0 Å². The predicted molar refractivity (Wildman–Crippen MR) is 87.3 cm³/mol. The van der Waals surface area contributed by atoms with Gasteiger partial charge in [0.15, 0.2) is 0 Å². The van der Waals surface area contributed by atoms with Crippen molar-refractivity contribution in [1.82, 2.24) is 20.4 Å². The van der Waals surface area contributed by atoms with E-state index in [4.69, 9.17) is 8.94 Å². The van der Waals surface area contributed by atoms with Crippen LogP contribution in [0.3, 0.4) is 0 Å². The summed E-state index contributed by atoms with van der Waals surface area (Å²) < 4.78 is 10.5. The maximum absolute atomic E-state index is 11.9. The van der Waals surface area contributed by atoms with Crippen LogP contribution in [0, 0.1) is 0 Å². The first-order valence-electron chi connectivity index (χ1n) is 7.67. The minimum absolute atomic E-state index is 0.0188. The number of carbonyl (C=O) groups is 1. The number of thiophene rings is 1. The van der Waals surface area contributed by atoms with Crippen LogP contribution >= 0.6 is 11.3 Å². The lowest BCUT2D eigenvalue weighted by Gasteiger charge is -2.36. The van der Waals surface area contributed by atoms with Gasteiger partial charge in [0.1, 0.15) is 5.76 Å². The lowest BCUT2D eigenvalue weighted by Crippen LogP contribution is -2.49. The maximum atomic E-state index is 11.9. The number of likely N-dealkylation sites (tertiary alicyclic amines) is 1. The van der Waals surface area contributed by atoms with Crippen LogP contribution in [-0.4, -0.2) is 40.6 Å². The Bertz CT molecular complexity index is 791. The number of amides is 1. The molecule has 0 unspecified atom stereocenters. The van der Waals surface area contributed by atoms with Crippen LogP contribution in [0.5, 0.6) is 0 Å². The third-order valence-electron chi connectivity index (χ3n) is 3.90. The topological polar surface area (TPSA) is 84.4 Å². The minimum Gasteiger partial charge on any atom is -0.467 e. The van der Waals surface area contributed by atoms with Crippen LogP contribution in [0.1, 0.15) is 17.6 Å². The molecule has 7 nitrogen and oxygen atoms in total. The van der Waals surface area contributed by atoms with E-state index < -0.39 is 0 Å². The molecule has 3 aromatic rings. The van der Waals surface area contributed by atoms with Gasteiger partial charge in [-0.15, -0.1) is 11.3 Å². The molecule has 1 aliphatic rings. The van der Waals surface area contributed by atoms with Crippen molar-refractivity contribution >= 4 is 17.2 Å². The molecule has 0 bridgehead atoms. The van der Waals surface area contributed by atoms with Crippen molar-refractivity contribution in [2.24, 2.45) is 0 Å². The summed E-state index contributed by atoms with van der Waals surface area (Å²) in [5.41, 5.74) is 0. The summed E-state index contributed by atoms with van der Waals surface area (Å²) in [6.45, 7) is 2.28. The van der Waals surface area contributed by atoms with Crippen LogP contribution in [-0.2, 0) is 11.3 Å². The third-order valence-corrected chi connectivity index (χ3v) is 4.76. The van der Waals surface area contributed by atoms with E-state index in [9.17, 15) is 4.79 Å². The zero-order valence-electron chi connectivity index (χ0n) is 12.8. The summed E-state index contributed by atoms with van der Waals surface area (Å²) in [5.74, 6) is 2.20. The number of rotatable bonds is 6. The molecular weight excluding hydrogens is 328 g/mol. The van der Waals surface area contributed by atoms with Crippen LogP contribution in [0.25, 0.3) is 10.7 Å². The second-order valence-corrected chi connectivity index (χ2v) is 6.63. The summed E-state index contributed by atoms with van der Waals surface area (Å²) in [6.07, 6.45) is 1.59. The lowest BCUT2D eigenvalue weighted by molar-refractivity contribution is -0.123. The third kappa shape index (κ3) is 3.24. The first kappa shape index (κ1) is 15.1. The summed E-state index contributed by atoms with van der Waals surface area (Å²) in [4.78, 5) is 19.4. The molecule has 1 fully saturated rings. The van der Waals surface area contributed by atoms with E-state index in [0.29, 0.717) is 24.8 Å². The van der Waals surface area contributed by atoms with Gasteiger partial charge in [-0.05, 0) is 23.6 Å². The number of nitrogens with one attached hydrogen (secondary N) is 1.